The summed E-state index contributed by atoms with van der Waals surface area (Å²) in [6.45, 7) is 4.83. The van der Waals surface area contributed by atoms with E-state index in [0.29, 0.717) is 12.0 Å². The number of aryl methyl sites for hydroxylation is 2. The molecule has 2 aromatic heterocycles. The number of carbonyl (C=O) groups is 1. The molecule has 2 heterocycles. The van der Waals surface area contributed by atoms with Crippen molar-refractivity contribution in [1.82, 2.24) is 9.55 Å². The first-order chi connectivity index (χ1) is 8.20. The highest BCUT2D eigenvalue weighted by molar-refractivity contribution is 5.96. The second-order valence-corrected chi connectivity index (χ2v) is 4.08. The zero-order valence-electron chi connectivity index (χ0n) is 10.1. The number of carbonyl (C=O) groups excluding carboxylic acids is 1. The van der Waals surface area contributed by atoms with Gasteiger partial charge in [-0.2, -0.15) is 0 Å². The van der Waals surface area contributed by atoms with Gasteiger partial charge in [0.2, 0.25) is 0 Å². The first kappa shape index (κ1) is 11.6. The van der Waals surface area contributed by atoms with E-state index in [0.717, 1.165) is 24.6 Å². The lowest BCUT2D eigenvalue weighted by atomic mass is 10.1. The standard InChI is InChI=1S/C13H16N2O2/c1-3-5-15-6-4-14-13(15)8-12(16)11-7-10(2)17-9-11/h4,6-7,9H,3,5,8H2,1-2H3. The minimum absolute atomic E-state index is 0.0467. The van der Waals surface area contributed by atoms with Crippen LogP contribution in [0.4, 0.5) is 0 Å². The van der Waals surface area contributed by atoms with Crippen LogP contribution in [0.25, 0.3) is 0 Å². The van der Waals surface area contributed by atoms with E-state index in [1.807, 2.05) is 17.7 Å². The van der Waals surface area contributed by atoms with Crippen molar-refractivity contribution in [2.24, 2.45) is 0 Å². The topological polar surface area (TPSA) is 48.0 Å². The Kier molecular flexibility index (Phi) is 3.42. The largest absolute Gasteiger partial charge is 0.469 e. The van der Waals surface area contributed by atoms with Crippen LogP contribution in [-0.2, 0) is 13.0 Å². The zero-order chi connectivity index (χ0) is 12.3. The summed E-state index contributed by atoms with van der Waals surface area (Å²) in [5.74, 6) is 1.62. The van der Waals surface area contributed by atoms with E-state index in [1.54, 1.807) is 12.3 Å². The Labute approximate surface area is 100 Å². The molecule has 0 aromatic carbocycles. The predicted octanol–water partition coefficient (Wildman–Crippen LogP) is 2.62. The molecule has 2 rings (SSSR count). The van der Waals surface area contributed by atoms with E-state index in [2.05, 4.69) is 11.9 Å². The van der Waals surface area contributed by atoms with Crippen molar-refractivity contribution in [3.8, 4) is 0 Å². The van der Waals surface area contributed by atoms with Gasteiger partial charge in [-0.15, -0.1) is 0 Å². The van der Waals surface area contributed by atoms with Crippen molar-refractivity contribution < 1.29 is 9.21 Å². The smallest absolute Gasteiger partial charge is 0.173 e. The Morgan fingerprint density at radius 3 is 3.00 bits per heavy atom. The van der Waals surface area contributed by atoms with Gasteiger partial charge in [-0.3, -0.25) is 4.79 Å². The maximum absolute atomic E-state index is 12.0. The molecular formula is C13H16N2O2. The minimum Gasteiger partial charge on any atom is -0.469 e. The molecule has 17 heavy (non-hydrogen) atoms. The van der Waals surface area contributed by atoms with E-state index in [4.69, 9.17) is 4.42 Å². The summed E-state index contributed by atoms with van der Waals surface area (Å²) in [7, 11) is 0. The van der Waals surface area contributed by atoms with Gasteiger partial charge in [0.1, 0.15) is 17.8 Å². The van der Waals surface area contributed by atoms with Crippen LogP contribution in [0.3, 0.4) is 0 Å². The molecule has 4 nitrogen and oxygen atoms in total. The molecule has 0 aliphatic carbocycles. The summed E-state index contributed by atoms with van der Waals surface area (Å²) in [5, 5.41) is 0. The average Bonchev–Trinajstić information content (AvgIpc) is 2.89. The lowest BCUT2D eigenvalue weighted by molar-refractivity contribution is 0.0989. The Morgan fingerprint density at radius 2 is 2.35 bits per heavy atom. The Morgan fingerprint density at radius 1 is 1.53 bits per heavy atom. The van der Waals surface area contributed by atoms with E-state index < -0.39 is 0 Å². The fourth-order valence-corrected chi connectivity index (χ4v) is 1.79. The molecule has 0 saturated carbocycles. The fraction of sp³-hybridized carbons (Fsp3) is 0.385. The summed E-state index contributed by atoms with van der Waals surface area (Å²) in [6.07, 6.45) is 6.50. The summed E-state index contributed by atoms with van der Waals surface area (Å²) in [6, 6.07) is 1.76. The van der Waals surface area contributed by atoms with E-state index >= 15 is 0 Å². The Hall–Kier alpha value is -1.84. The van der Waals surface area contributed by atoms with Crippen molar-refractivity contribution in [2.45, 2.75) is 33.2 Å². The molecule has 0 N–H and O–H groups in total. The van der Waals surface area contributed by atoms with Crippen LogP contribution in [0, 0.1) is 6.92 Å². The number of imidazole rings is 1. The number of Topliss-reactive ketones (excluding diaryl/α,β-unsaturated/α-hetero) is 1. The van der Waals surface area contributed by atoms with Crippen molar-refractivity contribution >= 4 is 5.78 Å². The van der Waals surface area contributed by atoms with Gasteiger partial charge in [0.25, 0.3) is 0 Å². The molecule has 4 heteroatoms. The molecule has 0 fully saturated rings. The van der Waals surface area contributed by atoms with E-state index in [-0.39, 0.29) is 5.78 Å². The molecule has 0 bridgehead atoms. The molecule has 0 amide bonds. The molecule has 0 atom stereocenters. The number of nitrogens with zero attached hydrogens (tertiary/aromatic N) is 2. The van der Waals surface area contributed by atoms with Crippen LogP contribution in [0.15, 0.2) is 29.1 Å². The van der Waals surface area contributed by atoms with Crippen LogP contribution < -0.4 is 0 Å². The number of furan rings is 1. The van der Waals surface area contributed by atoms with Gasteiger partial charge < -0.3 is 8.98 Å². The van der Waals surface area contributed by atoms with Crippen LogP contribution in [0.5, 0.6) is 0 Å². The number of rotatable bonds is 5. The summed E-state index contributed by atoms with van der Waals surface area (Å²) >= 11 is 0. The van der Waals surface area contributed by atoms with Gasteiger partial charge in [0.15, 0.2) is 5.78 Å². The molecule has 2 aromatic rings. The van der Waals surface area contributed by atoms with Gasteiger partial charge >= 0.3 is 0 Å². The zero-order valence-corrected chi connectivity index (χ0v) is 10.1. The van der Waals surface area contributed by atoms with Gasteiger partial charge in [-0.25, -0.2) is 4.98 Å². The third-order valence-electron chi connectivity index (χ3n) is 2.64. The van der Waals surface area contributed by atoms with Crippen LogP contribution in [-0.4, -0.2) is 15.3 Å². The second-order valence-electron chi connectivity index (χ2n) is 4.08. The first-order valence-electron chi connectivity index (χ1n) is 5.79. The number of hydrogen-bond acceptors (Lipinski definition) is 3. The summed E-state index contributed by atoms with van der Waals surface area (Å²) in [5.41, 5.74) is 0.619. The molecule has 0 aliphatic heterocycles. The molecule has 0 saturated heterocycles. The summed E-state index contributed by atoms with van der Waals surface area (Å²) < 4.78 is 7.15. The highest BCUT2D eigenvalue weighted by atomic mass is 16.3. The maximum atomic E-state index is 12.0. The average molecular weight is 232 g/mol. The number of hydrogen-bond donors (Lipinski definition) is 0. The number of ketones is 1. The quantitative estimate of drug-likeness (QED) is 0.744. The van der Waals surface area contributed by atoms with E-state index in [9.17, 15) is 4.79 Å². The maximum Gasteiger partial charge on any atom is 0.173 e. The second kappa shape index (κ2) is 4.99. The van der Waals surface area contributed by atoms with Crippen molar-refractivity contribution in [1.29, 1.82) is 0 Å². The van der Waals surface area contributed by atoms with Crippen LogP contribution >= 0.6 is 0 Å². The van der Waals surface area contributed by atoms with E-state index in [1.165, 1.54) is 6.26 Å². The van der Waals surface area contributed by atoms with Crippen LogP contribution in [0.1, 0.15) is 35.3 Å². The molecule has 0 aliphatic rings. The predicted molar refractivity (Wildman–Crippen MR) is 64.0 cm³/mol. The molecule has 0 unspecified atom stereocenters. The van der Waals surface area contributed by atoms with Crippen molar-refractivity contribution in [3.05, 3.63) is 41.9 Å². The monoisotopic (exact) mass is 232 g/mol. The van der Waals surface area contributed by atoms with Crippen molar-refractivity contribution in [3.63, 3.8) is 0 Å². The van der Waals surface area contributed by atoms with Gasteiger partial charge in [-0.1, -0.05) is 6.92 Å². The lowest BCUT2D eigenvalue weighted by Crippen LogP contribution is -2.09. The highest BCUT2D eigenvalue weighted by Crippen LogP contribution is 2.10. The third-order valence-corrected chi connectivity index (χ3v) is 2.64. The highest BCUT2D eigenvalue weighted by Gasteiger charge is 2.12. The van der Waals surface area contributed by atoms with Crippen LogP contribution in [0.2, 0.25) is 0 Å². The third kappa shape index (κ3) is 2.64. The van der Waals surface area contributed by atoms with Crippen molar-refractivity contribution in [2.75, 3.05) is 0 Å². The first-order valence-corrected chi connectivity index (χ1v) is 5.79. The molecule has 0 radical (unpaired) electrons. The SMILES string of the molecule is CCCn1ccnc1CC(=O)c1coc(C)c1. The molecule has 0 spiro atoms. The fourth-order valence-electron chi connectivity index (χ4n) is 1.79. The van der Waals surface area contributed by atoms with Gasteiger partial charge in [-0.05, 0) is 19.4 Å². The Bertz CT molecular complexity index is 511. The molecular weight excluding hydrogens is 216 g/mol. The normalized spacial score (nSPS) is 10.7. The number of aromatic nitrogens is 2. The van der Waals surface area contributed by atoms with Gasteiger partial charge in [0, 0.05) is 18.9 Å². The van der Waals surface area contributed by atoms with Gasteiger partial charge in [0.05, 0.1) is 12.0 Å². The Balaban J connectivity index is 2.10. The molecule has 90 valence electrons. The lowest BCUT2D eigenvalue weighted by Gasteiger charge is -2.04. The minimum atomic E-state index is 0.0467. The summed E-state index contributed by atoms with van der Waals surface area (Å²) in [4.78, 5) is 16.2.